The lowest BCUT2D eigenvalue weighted by Crippen LogP contribution is -2.34. The van der Waals surface area contributed by atoms with Gasteiger partial charge in [0.1, 0.15) is 0 Å². The number of rotatable bonds is 5. The summed E-state index contributed by atoms with van der Waals surface area (Å²) in [6.07, 6.45) is -0.0608. The van der Waals surface area contributed by atoms with E-state index in [4.69, 9.17) is 9.57 Å². The van der Waals surface area contributed by atoms with Crippen LogP contribution in [0.1, 0.15) is 25.0 Å². The lowest BCUT2D eigenvalue weighted by molar-refractivity contribution is -0.115. The van der Waals surface area contributed by atoms with Crippen molar-refractivity contribution in [3.05, 3.63) is 42.0 Å². The van der Waals surface area contributed by atoms with E-state index >= 15 is 0 Å². The van der Waals surface area contributed by atoms with Crippen LogP contribution in [0.3, 0.4) is 0 Å². The molecule has 114 valence electrons. The fourth-order valence-corrected chi connectivity index (χ4v) is 1.60. The minimum absolute atomic E-state index is 0.0415. The fourth-order valence-electron chi connectivity index (χ4n) is 1.60. The predicted molar refractivity (Wildman–Crippen MR) is 77.2 cm³/mol. The Hall–Kier alpha value is -2.50. The minimum atomic E-state index is -0.957. The van der Waals surface area contributed by atoms with Crippen molar-refractivity contribution in [1.82, 2.24) is 5.06 Å². The van der Waals surface area contributed by atoms with Gasteiger partial charge in [-0.1, -0.05) is 36.9 Å². The second-order valence-electron chi connectivity index (χ2n) is 3.91. The van der Waals surface area contributed by atoms with Crippen LogP contribution < -0.4 is 0 Å². The number of carbonyl (C=O) groups is 2. The molecule has 1 aromatic rings. The maximum absolute atomic E-state index is 11.8. The highest BCUT2D eigenvalue weighted by atomic mass is 16.8. The van der Waals surface area contributed by atoms with Gasteiger partial charge in [0, 0.05) is 0 Å². The van der Waals surface area contributed by atoms with Gasteiger partial charge in [-0.05, 0) is 25.0 Å². The van der Waals surface area contributed by atoms with Gasteiger partial charge in [-0.3, -0.25) is 4.84 Å². The Kier molecular flexibility index (Phi) is 6.80. The third kappa shape index (κ3) is 5.18. The third-order valence-electron chi connectivity index (χ3n) is 2.51. The molecule has 0 spiro atoms. The van der Waals surface area contributed by atoms with E-state index in [1.165, 1.54) is 0 Å². The summed E-state index contributed by atoms with van der Waals surface area (Å²) in [5, 5.41) is 0.823. The normalized spacial score (nSPS) is 9.62. The van der Waals surface area contributed by atoms with Gasteiger partial charge >= 0.3 is 12.2 Å². The highest BCUT2D eigenvalue weighted by molar-refractivity contribution is 5.69. The largest absolute Gasteiger partial charge is 0.533 e. The van der Waals surface area contributed by atoms with Crippen molar-refractivity contribution in [2.24, 2.45) is 0 Å². The molecule has 6 heteroatoms. The summed E-state index contributed by atoms with van der Waals surface area (Å²) < 4.78 is 9.52. The van der Waals surface area contributed by atoms with Crippen LogP contribution in [0.15, 0.2) is 30.8 Å². The second-order valence-corrected chi connectivity index (χ2v) is 3.91. The van der Waals surface area contributed by atoms with Gasteiger partial charge in [-0.2, -0.15) is 0 Å². The summed E-state index contributed by atoms with van der Waals surface area (Å²) in [5.41, 5.74) is 1.60. The van der Waals surface area contributed by atoms with Crippen molar-refractivity contribution in [2.45, 2.75) is 20.4 Å². The molecule has 0 fully saturated rings. The monoisotopic (exact) mass is 293 g/mol. The van der Waals surface area contributed by atoms with E-state index in [0.29, 0.717) is 0 Å². The van der Waals surface area contributed by atoms with Gasteiger partial charge in [0.25, 0.3) is 0 Å². The number of hydrogen-bond donors (Lipinski definition) is 0. The van der Waals surface area contributed by atoms with Crippen molar-refractivity contribution in [3.63, 3.8) is 0 Å². The maximum atomic E-state index is 11.8. The number of ether oxygens (including phenoxy) is 2. The number of benzene rings is 1. The van der Waals surface area contributed by atoms with Crippen molar-refractivity contribution in [2.75, 3.05) is 13.2 Å². The molecule has 0 atom stereocenters. The van der Waals surface area contributed by atoms with Crippen LogP contribution in [-0.2, 0) is 20.9 Å². The highest BCUT2D eigenvalue weighted by Gasteiger charge is 2.22. The number of carbonyl (C=O) groups excluding carboxylic acids is 2. The van der Waals surface area contributed by atoms with E-state index in [9.17, 15) is 9.59 Å². The Labute approximate surface area is 123 Å². The van der Waals surface area contributed by atoms with Crippen molar-refractivity contribution in [1.29, 1.82) is 0 Å². The van der Waals surface area contributed by atoms with E-state index in [0.717, 1.165) is 16.2 Å². The third-order valence-corrected chi connectivity index (χ3v) is 2.51. The van der Waals surface area contributed by atoms with Crippen LogP contribution in [0.25, 0.3) is 6.08 Å². The summed E-state index contributed by atoms with van der Waals surface area (Å²) in [5.74, 6) is 0. The Morgan fingerprint density at radius 3 is 2.48 bits per heavy atom. The average molecular weight is 293 g/mol. The molecule has 0 radical (unpaired) electrons. The zero-order valence-electron chi connectivity index (χ0n) is 12.2. The molecule has 0 aliphatic heterocycles. The van der Waals surface area contributed by atoms with Gasteiger partial charge in [-0.15, -0.1) is 5.06 Å². The molecule has 0 unspecified atom stereocenters. The Morgan fingerprint density at radius 1 is 1.19 bits per heavy atom. The van der Waals surface area contributed by atoms with Crippen molar-refractivity contribution in [3.8, 4) is 0 Å². The number of nitrogens with zero attached hydrogens (tertiary/aromatic N) is 1. The van der Waals surface area contributed by atoms with Crippen molar-refractivity contribution < 1.29 is 23.9 Å². The fraction of sp³-hybridized carbons (Fsp3) is 0.333. The Bertz CT molecular complexity index is 501. The van der Waals surface area contributed by atoms with Gasteiger partial charge in [0.2, 0.25) is 0 Å². The molecule has 1 amide bonds. The smallest absolute Gasteiger partial charge is 0.448 e. The van der Waals surface area contributed by atoms with E-state index in [-0.39, 0.29) is 19.8 Å². The number of amides is 1. The van der Waals surface area contributed by atoms with Crippen LogP contribution >= 0.6 is 0 Å². The second kappa shape index (κ2) is 8.63. The minimum Gasteiger partial charge on any atom is -0.448 e. The molecule has 0 aliphatic rings. The molecular weight excluding hydrogens is 274 g/mol. The molecule has 0 bridgehead atoms. The maximum Gasteiger partial charge on any atom is 0.533 e. The summed E-state index contributed by atoms with van der Waals surface area (Å²) in [7, 11) is 0. The van der Waals surface area contributed by atoms with Crippen LogP contribution in [0, 0.1) is 0 Å². The molecule has 6 nitrogen and oxygen atoms in total. The molecule has 0 aromatic heterocycles. The first-order chi connectivity index (χ1) is 10.1. The van der Waals surface area contributed by atoms with Crippen LogP contribution in [0.4, 0.5) is 9.59 Å². The molecule has 0 aliphatic carbocycles. The van der Waals surface area contributed by atoms with Gasteiger partial charge in [0.05, 0.1) is 19.8 Å². The average Bonchev–Trinajstić information content (AvgIpc) is 2.47. The standard InChI is InChI=1S/C15H19NO5/c1-4-12-9-7-8-10-13(12)11-16(14(17)19-5-2)21-15(18)20-6-3/h4,7-10H,1,5-6,11H2,2-3H3. The lowest BCUT2D eigenvalue weighted by Gasteiger charge is -2.20. The zero-order chi connectivity index (χ0) is 15.7. The number of hydroxylamine groups is 2. The van der Waals surface area contributed by atoms with Gasteiger partial charge in [-0.25, -0.2) is 9.59 Å². The lowest BCUT2D eigenvalue weighted by atomic mass is 10.1. The Balaban J connectivity index is 2.87. The van der Waals surface area contributed by atoms with E-state index in [2.05, 4.69) is 11.3 Å². The molecule has 0 saturated heterocycles. The summed E-state index contributed by atoms with van der Waals surface area (Å²) in [6, 6.07) is 7.31. The van der Waals surface area contributed by atoms with E-state index in [1.807, 2.05) is 18.2 Å². The zero-order valence-corrected chi connectivity index (χ0v) is 12.2. The van der Waals surface area contributed by atoms with Gasteiger partial charge < -0.3 is 9.47 Å². The van der Waals surface area contributed by atoms with Crippen LogP contribution in [0.2, 0.25) is 0 Å². The SMILES string of the molecule is C=Cc1ccccc1CN(OC(=O)OCC)C(=O)OCC. The first kappa shape index (κ1) is 16.6. The first-order valence-electron chi connectivity index (χ1n) is 6.61. The van der Waals surface area contributed by atoms with Gasteiger partial charge in [0.15, 0.2) is 0 Å². The molecule has 0 saturated carbocycles. The first-order valence-corrected chi connectivity index (χ1v) is 6.61. The highest BCUT2D eigenvalue weighted by Crippen LogP contribution is 2.14. The molecular formula is C15H19NO5. The van der Waals surface area contributed by atoms with E-state index in [1.54, 1.807) is 26.0 Å². The molecule has 0 heterocycles. The van der Waals surface area contributed by atoms with Crippen molar-refractivity contribution >= 4 is 18.3 Å². The predicted octanol–water partition coefficient (Wildman–Crippen LogP) is 3.38. The summed E-state index contributed by atoms with van der Waals surface area (Å²) in [4.78, 5) is 28.1. The van der Waals surface area contributed by atoms with Crippen LogP contribution in [-0.4, -0.2) is 30.5 Å². The van der Waals surface area contributed by atoms with E-state index < -0.39 is 12.2 Å². The Morgan fingerprint density at radius 2 is 1.86 bits per heavy atom. The molecule has 21 heavy (non-hydrogen) atoms. The molecule has 1 rings (SSSR count). The summed E-state index contributed by atoms with van der Waals surface area (Å²) in [6.45, 7) is 7.37. The quantitative estimate of drug-likeness (QED) is 0.615. The summed E-state index contributed by atoms with van der Waals surface area (Å²) >= 11 is 0. The number of hydrogen-bond acceptors (Lipinski definition) is 5. The molecule has 1 aromatic carbocycles. The topological polar surface area (TPSA) is 65.1 Å². The molecule has 0 N–H and O–H groups in total. The van der Waals surface area contributed by atoms with Crippen LogP contribution in [0.5, 0.6) is 0 Å².